The number of nitrogens with two attached hydrogens (primary N) is 1. The lowest BCUT2D eigenvalue weighted by atomic mass is 10.0. The van der Waals surface area contributed by atoms with Gasteiger partial charge in [0.25, 0.3) is 0 Å². The summed E-state index contributed by atoms with van der Waals surface area (Å²) >= 11 is 6.21. The maximum atomic E-state index is 12.2. The van der Waals surface area contributed by atoms with Gasteiger partial charge in [-0.25, -0.2) is 0 Å². The molecule has 1 aromatic carbocycles. The Morgan fingerprint density at radius 2 is 1.80 bits per heavy atom. The minimum absolute atomic E-state index is 0.0545. The summed E-state index contributed by atoms with van der Waals surface area (Å²) in [5.74, 6) is 0.225. The number of hydrogen-bond acceptors (Lipinski definition) is 3. The molecule has 1 aliphatic heterocycles. The highest BCUT2D eigenvalue weighted by atomic mass is 35.5. The third-order valence-corrected chi connectivity index (χ3v) is 4.11. The number of carbonyl (C=O) groups is 1. The second kappa shape index (κ2) is 6.46. The van der Waals surface area contributed by atoms with Crippen LogP contribution in [0.5, 0.6) is 0 Å². The molecular weight excluding hydrogens is 274 g/mol. The number of piperazine rings is 1. The zero-order valence-electron chi connectivity index (χ0n) is 12.1. The molecule has 4 nitrogen and oxygen atoms in total. The first-order valence-corrected chi connectivity index (χ1v) is 7.42. The van der Waals surface area contributed by atoms with Crippen molar-refractivity contribution in [1.82, 2.24) is 4.90 Å². The Kier molecular flexibility index (Phi) is 4.89. The average Bonchev–Trinajstić information content (AvgIpc) is 2.46. The Morgan fingerprint density at radius 3 is 2.35 bits per heavy atom. The molecule has 0 spiro atoms. The molecule has 110 valence electrons. The second-order valence-electron chi connectivity index (χ2n) is 5.53. The molecule has 1 unspecified atom stereocenters. The first-order valence-electron chi connectivity index (χ1n) is 7.04. The van der Waals surface area contributed by atoms with E-state index in [1.165, 1.54) is 0 Å². The van der Waals surface area contributed by atoms with Crippen LogP contribution in [0.15, 0.2) is 24.3 Å². The molecule has 0 aromatic heterocycles. The maximum absolute atomic E-state index is 12.2. The summed E-state index contributed by atoms with van der Waals surface area (Å²) < 4.78 is 0. The number of rotatable bonds is 3. The number of amides is 1. The number of para-hydroxylation sites is 1. The number of nitrogens with zero attached hydrogens (tertiary/aromatic N) is 2. The Morgan fingerprint density at radius 1 is 1.20 bits per heavy atom. The summed E-state index contributed by atoms with van der Waals surface area (Å²) in [4.78, 5) is 16.3. The molecule has 0 saturated carbocycles. The van der Waals surface area contributed by atoms with Crippen molar-refractivity contribution in [3.05, 3.63) is 29.3 Å². The van der Waals surface area contributed by atoms with E-state index in [0.29, 0.717) is 13.1 Å². The predicted octanol–water partition coefficient (Wildman–Crippen LogP) is 1.97. The van der Waals surface area contributed by atoms with Crippen molar-refractivity contribution >= 4 is 23.2 Å². The molecule has 2 rings (SSSR count). The third-order valence-electron chi connectivity index (χ3n) is 3.79. The van der Waals surface area contributed by atoms with Crippen LogP contribution in [0, 0.1) is 5.92 Å². The van der Waals surface area contributed by atoms with Crippen molar-refractivity contribution < 1.29 is 4.79 Å². The number of hydrogen-bond donors (Lipinski definition) is 1. The molecular formula is C15H22ClN3O. The van der Waals surface area contributed by atoms with Crippen molar-refractivity contribution in [2.75, 3.05) is 31.1 Å². The van der Waals surface area contributed by atoms with Crippen LogP contribution in [-0.4, -0.2) is 43.0 Å². The van der Waals surface area contributed by atoms with Crippen molar-refractivity contribution in [3.63, 3.8) is 0 Å². The molecule has 1 amide bonds. The van der Waals surface area contributed by atoms with E-state index in [1.807, 2.05) is 43.0 Å². The Balaban J connectivity index is 1.96. The molecule has 0 radical (unpaired) electrons. The smallest absolute Gasteiger partial charge is 0.239 e. The van der Waals surface area contributed by atoms with Crippen molar-refractivity contribution in [2.24, 2.45) is 11.7 Å². The van der Waals surface area contributed by atoms with Crippen molar-refractivity contribution in [1.29, 1.82) is 0 Å². The fourth-order valence-electron chi connectivity index (χ4n) is 2.37. The van der Waals surface area contributed by atoms with Gasteiger partial charge in [-0.2, -0.15) is 0 Å². The molecule has 1 heterocycles. The summed E-state index contributed by atoms with van der Waals surface area (Å²) in [5.41, 5.74) is 6.97. The third kappa shape index (κ3) is 3.25. The highest BCUT2D eigenvalue weighted by Gasteiger charge is 2.27. The molecule has 2 N–H and O–H groups in total. The van der Waals surface area contributed by atoms with Crippen LogP contribution in [0.4, 0.5) is 5.69 Å². The zero-order chi connectivity index (χ0) is 14.7. The Labute approximate surface area is 125 Å². The van der Waals surface area contributed by atoms with Gasteiger partial charge in [0.05, 0.1) is 16.8 Å². The molecule has 1 aliphatic rings. The van der Waals surface area contributed by atoms with Gasteiger partial charge in [0.2, 0.25) is 5.91 Å². The largest absolute Gasteiger partial charge is 0.367 e. The molecule has 20 heavy (non-hydrogen) atoms. The van der Waals surface area contributed by atoms with Gasteiger partial charge in [-0.15, -0.1) is 0 Å². The first-order chi connectivity index (χ1) is 9.50. The van der Waals surface area contributed by atoms with Gasteiger partial charge in [-0.3, -0.25) is 4.79 Å². The lowest BCUT2D eigenvalue weighted by molar-refractivity contribution is -0.133. The van der Waals surface area contributed by atoms with Gasteiger partial charge in [0.15, 0.2) is 0 Å². The van der Waals surface area contributed by atoms with Crippen LogP contribution in [0.25, 0.3) is 0 Å². The molecule has 1 saturated heterocycles. The molecule has 1 fully saturated rings. The Hall–Kier alpha value is -1.26. The van der Waals surface area contributed by atoms with Crippen LogP contribution >= 0.6 is 11.6 Å². The minimum atomic E-state index is -0.401. The number of anilines is 1. The zero-order valence-corrected chi connectivity index (χ0v) is 12.8. The quantitative estimate of drug-likeness (QED) is 0.927. The highest BCUT2D eigenvalue weighted by molar-refractivity contribution is 6.33. The summed E-state index contributed by atoms with van der Waals surface area (Å²) in [6, 6.07) is 7.41. The van der Waals surface area contributed by atoms with Crippen molar-refractivity contribution in [3.8, 4) is 0 Å². The van der Waals surface area contributed by atoms with E-state index in [0.717, 1.165) is 23.8 Å². The van der Waals surface area contributed by atoms with E-state index in [-0.39, 0.29) is 11.8 Å². The molecule has 1 atom stereocenters. The number of carbonyl (C=O) groups excluding carboxylic acids is 1. The monoisotopic (exact) mass is 295 g/mol. The van der Waals surface area contributed by atoms with Crippen LogP contribution in [0.2, 0.25) is 5.02 Å². The van der Waals surface area contributed by atoms with E-state index < -0.39 is 6.04 Å². The van der Waals surface area contributed by atoms with Crippen LogP contribution in [0.3, 0.4) is 0 Å². The number of halogens is 1. The van der Waals surface area contributed by atoms with Crippen LogP contribution < -0.4 is 10.6 Å². The Bertz CT molecular complexity index is 470. The lowest BCUT2D eigenvalue weighted by Gasteiger charge is -2.37. The van der Waals surface area contributed by atoms with Gasteiger partial charge < -0.3 is 15.5 Å². The normalized spacial score (nSPS) is 17.4. The first kappa shape index (κ1) is 15.1. The van der Waals surface area contributed by atoms with Gasteiger partial charge >= 0.3 is 0 Å². The summed E-state index contributed by atoms with van der Waals surface area (Å²) in [6.45, 7) is 6.93. The standard InChI is InChI=1S/C15H22ClN3O/c1-11(2)14(17)15(20)19-9-7-18(8-10-19)13-6-4-3-5-12(13)16/h3-6,11,14H,7-10,17H2,1-2H3. The maximum Gasteiger partial charge on any atom is 0.239 e. The number of benzene rings is 1. The van der Waals surface area contributed by atoms with Gasteiger partial charge in [-0.1, -0.05) is 37.6 Å². The van der Waals surface area contributed by atoms with Gasteiger partial charge in [0, 0.05) is 26.2 Å². The summed E-state index contributed by atoms with van der Waals surface area (Å²) in [6.07, 6.45) is 0. The summed E-state index contributed by atoms with van der Waals surface area (Å²) in [7, 11) is 0. The van der Waals surface area contributed by atoms with E-state index in [2.05, 4.69) is 4.90 Å². The molecule has 1 aromatic rings. The fraction of sp³-hybridized carbons (Fsp3) is 0.533. The SMILES string of the molecule is CC(C)C(N)C(=O)N1CCN(c2ccccc2Cl)CC1. The molecule has 0 bridgehead atoms. The molecule has 0 aliphatic carbocycles. The predicted molar refractivity (Wildman–Crippen MR) is 83.1 cm³/mol. The summed E-state index contributed by atoms with van der Waals surface area (Å²) in [5, 5.41) is 0.756. The van der Waals surface area contributed by atoms with Crippen LogP contribution in [-0.2, 0) is 4.79 Å². The highest BCUT2D eigenvalue weighted by Crippen LogP contribution is 2.26. The lowest BCUT2D eigenvalue weighted by Crippen LogP contribution is -2.54. The van der Waals surface area contributed by atoms with Crippen molar-refractivity contribution in [2.45, 2.75) is 19.9 Å². The van der Waals surface area contributed by atoms with E-state index in [1.54, 1.807) is 0 Å². The van der Waals surface area contributed by atoms with Gasteiger partial charge in [-0.05, 0) is 18.1 Å². The fourth-order valence-corrected chi connectivity index (χ4v) is 2.63. The van der Waals surface area contributed by atoms with Crippen LogP contribution in [0.1, 0.15) is 13.8 Å². The average molecular weight is 296 g/mol. The van der Waals surface area contributed by atoms with E-state index in [9.17, 15) is 4.79 Å². The van der Waals surface area contributed by atoms with Gasteiger partial charge in [0.1, 0.15) is 0 Å². The minimum Gasteiger partial charge on any atom is -0.367 e. The second-order valence-corrected chi connectivity index (χ2v) is 5.94. The van der Waals surface area contributed by atoms with E-state index in [4.69, 9.17) is 17.3 Å². The topological polar surface area (TPSA) is 49.6 Å². The molecule has 5 heteroatoms. The van der Waals surface area contributed by atoms with E-state index >= 15 is 0 Å².